The van der Waals surface area contributed by atoms with E-state index in [1.54, 1.807) is 52.0 Å². The Hall–Kier alpha value is -10.0. The molecule has 3 saturated heterocycles. The molecule has 0 aliphatic carbocycles. The number of aliphatic hydroxyl groups is 4. The van der Waals surface area contributed by atoms with Crippen molar-refractivity contribution in [1.82, 2.24) is 58.6 Å². The topological polar surface area (TPSA) is 345 Å². The molecule has 15 rings (SSSR count). The van der Waals surface area contributed by atoms with Gasteiger partial charge in [0.05, 0.1) is 59.1 Å². The molecule has 9 heterocycles. The van der Waals surface area contributed by atoms with Crippen LogP contribution in [0.1, 0.15) is 101 Å². The zero-order valence-corrected chi connectivity index (χ0v) is 69.6. The van der Waals surface area contributed by atoms with Gasteiger partial charge in [-0.3, -0.25) is 13.7 Å². The van der Waals surface area contributed by atoms with Crippen molar-refractivity contribution >= 4 is 67.6 Å². The summed E-state index contributed by atoms with van der Waals surface area (Å²) >= 11 is 0. The van der Waals surface area contributed by atoms with E-state index in [1.807, 2.05) is 77.4 Å². The minimum atomic E-state index is -2.06. The average molecular weight is 1600 g/mol. The van der Waals surface area contributed by atoms with E-state index < -0.39 is 83.4 Å². The fraction of sp³-hybridized carbons (Fsp3) is 0.400. The van der Waals surface area contributed by atoms with Crippen LogP contribution in [0.25, 0.3) is 33.5 Å². The van der Waals surface area contributed by atoms with Gasteiger partial charge in [-0.15, -0.1) is 0 Å². The number of hydrogen-bond donors (Lipinski definition) is 7. The van der Waals surface area contributed by atoms with Crippen LogP contribution in [-0.4, -0.2) is 193 Å². The van der Waals surface area contributed by atoms with Crippen molar-refractivity contribution < 1.29 is 62.4 Å². The van der Waals surface area contributed by atoms with Gasteiger partial charge in [0.2, 0.25) is 0 Å². The minimum Gasteiger partial charge on any atom is -0.497 e. The Labute approximate surface area is 671 Å². The summed E-state index contributed by atoms with van der Waals surface area (Å²) in [5.74, 6) is 2.92. The van der Waals surface area contributed by atoms with Crippen LogP contribution in [0.5, 0.6) is 11.5 Å². The number of nitrogens with two attached hydrogens (primary N) is 1. The zero-order chi connectivity index (χ0) is 81.8. The van der Waals surface area contributed by atoms with E-state index in [1.165, 1.54) is 23.5 Å². The molecule has 115 heavy (non-hydrogen) atoms. The summed E-state index contributed by atoms with van der Waals surface area (Å²) in [6.07, 6.45) is 1.58. The lowest BCUT2D eigenvalue weighted by molar-refractivity contribution is -0.0512. The van der Waals surface area contributed by atoms with Crippen LogP contribution >= 0.6 is 0 Å². The molecule has 3 aliphatic heterocycles. The van der Waals surface area contributed by atoms with Gasteiger partial charge in [0.1, 0.15) is 96.0 Å². The molecule has 3 aliphatic rings. The van der Waals surface area contributed by atoms with Gasteiger partial charge in [0, 0.05) is 20.1 Å². The first kappa shape index (κ1) is 82.9. The number of nitrogen functional groups attached to an aromatic ring is 1. The number of nitrogens with one attached hydrogen (secondary N) is 2. The molecule has 0 spiro atoms. The summed E-state index contributed by atoms with van der Waals surface area (Å²) < 4.78 is 59.6. The summed E-state index contributed by atoms with van der Waals surface area (Å²) in [7, 11) is 2.62. The lowest BCUT2D eigenvalue weighted by atomic mass is 9.77. The highest BCUT2D eigenvalue weighted by atomic mass is 28.4. The van der Waals surface area contributed by atoms with Crippen LogP contribution in [0.15, 0.2) is 208 Å². The summed E-state index contributed by atoms with van der Waals surface area (Å²) in [5.41, 5.74) is 13.3. The third kappa shape index (κ3) is 16.4. The highest BCUT2D eigenvalue weighted by molar-refractivity contribution is 6.74. The van der Waals surface area contributed by atoms with Gasteiger partial charge in [-0.25, -0.2) is 44.9 Å². The van der Waals surface area contributed by atoms with Crippen molar-refractivity contribution in [3.05, 3.63) is 241 Å². The Morgan fingerprint density at radius 1 is 0.417 bits per heavy atom. The van der Waals surface area contributed by atoms with Crippen molar-refractivity contribution in [3.8, 4) is 11.5 Å². The maximum absolute atomic E-state index is 11.5. The molecule has 0 radical (unpaired) electrons. The van der Waals surface area contributed by atoms with Gasteiger partial charge >= 0.3 is 0 Å². The first-order valence-corrected chi connectivity index (χ1v) is 44.3. The number of fused-ring (bicyclic) bond motifs is 3. The zero-order valence-electron chi connectivity index (χ0n) is 67.6. The number of imidazole rings is 3. The normalized spacial score (nSPS) is 22.0. The summed E-state index contributed by atoms with van der Waals surface area (Å²) in [5, 5.41) is 48.0. The van der Waals surface area contributed by atoms with Crippen LogP contribution in [0.4, 0.5) is 17.5 Å². The maximum Gasteiger partial charge on any atom is 0.192 e. The van der Waals surface area contributed by atoms with E-state index in [0.29, 0.717) is 58.3 Å². The van der Waals surface area contributed by atoms with Crippen molar-refractivity contribution in [2.75, 3.05) is 64.6 Å². The highest BCUT2D eigenvalue weighted by Crippen LogP contribution is 2.47. The number of nitrogens with zero attached hydrogens (tertiary/aromatic N) is 12. The van der Waals surface area contributed by atoms with Gasteiger partial charge in [-0.1, -0.05) is 194 Å². The molecule has 0 saturated carbocycles. The molecule has 6 unspecified atom stereocenters. The Balaban J connectivity index is 0.000000163. The fourth-order valence-electron chi connectivity index (χ4n) is 14.7. The smallest absolute Gasteiger partial charge is 0.192 e. The van der Waals surface area contributed by atoms with Gasteiger partial charge in [-0.05, 0) is 93.9 Å². The van der Waals surface area contributed by atoms with E-state index in [4.69, 9.17) is 77.8 Å². The lowest BCUT2D eigenvalue weighted by Crippen LogP contribution is -2.45. The Morgan fingerprint density at radius 3 is 1.13 bits per heavy atom. The maximum atomic E-state index is 11.5. The highest BCUT2D eigenvalue weighted by Gasteiger charge is 2.50. The van der Waals surface area contributed by atoms with E-state index >= 15 is 0 Å². The van der Waals surface area contributed by atoms with Crippen LogP contribution in [0.3, 0.4) is 0 Å². The Kier molecular flexibility index (Phi) is 24.8. The molecule has 28 nitrogen and oxygen atoms in total. The molecule has 606 valence electrons. The van der Waals surface area contributed by atoms with Crippen molar-refractivity contribution in [3.63, 3.8) is 0 Å². The number of ether oxygens (including phenoxy) is 7. The number of anilines is 3. The third-order valence-corrected chi connectivity index (χ3v) is 32.3. The minimum absolute atomic E-state index is 0.0267. The molecule has 8 N–H and O–H groups in total. The largest absolute Gasteiger partial charge is 0.497 e. The van der Waals surface area contributed by atoms with E-state index in [2.05, 4.69) is 202 Å². The number of aromatic nitrogens is 12. The van der Waals surface area contributed by atoms with Crippen LogP contribution in [-0.2, 0) is 43.6 Å². The second kappa shape index (κ2) is 34.4. The first-order chi connectivity index (χ1) is 55.1. The van der Waals surface area contributed by atoms with E-state index in [-0.39, 0.29) is 40.2 Å². The molecule has 0 amide bonds. The molecule has 0 bridgehead atoms. The Morgan fingerprint density at radius 2 is 0.757 bits per heavy atom. The number of benzene rings is 6. The Bertz CT molecular complexity index is 4830. The molecule has 6 aromatic carbocycles. The third-order valence-electron chi connectivity index (χ3n) is 23.3. The predicted octanol–water partition coefficient (Wildman–Crippen LogP) is 12.4. The number of methoxy groups -OCH3 is 4. The van der Waals surface area contributed by atoms with Gasteiger partial charge < -0.3 is 78.8 Å². The quantitative estimate of drug-likeness (QED) is 0.0218. The monoisotopic (exact) mass is 1600 g/mol. The van der Waals surface area contributed by atoms with E-state index in [9.17, 15) is 15.3 Å². The molecule has 6 aromatic heterocycles. The SMILES string of the molecule is COc1ccc(C(Nc2ncnc3c2ncn3[C@@H]2O[C@H](CO[Si](C)(C)C(C)(C)C)C(OC)C2C)(c2ccccc2)c2ccccc2)cc1.COc1ccc(C(Nc2ncnc3c2ncn3[C@@H]2O[C@H](CO[Si](C)(C)C(C)(C)C)C(OC)C2O)(c2ccccc2)c2ccccc2)cc1.Nc1ncnc2c1ncn2[C@@H]1O[C@H](CO)C(O)C1O. The van der Waals surface area contributed by atoms with Gasteiger partial charge in [0.15, 0.2) is 74.5 Å². The van der Waals surface area contributed by atoms with Crippen LogP contribution < -0.4 is 25.8 Å². The molecule has 12 atom stereocenters. The summed E-state index contributed by atoms with van der Waals surface area (Å²) in [6.45, 7) is 24.8. The molecule has 3 fully saturated rings. The van der Waals surface area contributed by atoms with Crippen molar-refractivity contribution in [2.45, 2.75) is 163 Å². The van der Waals surface area contributed by atoms with E-state index in [0.717, 1.165) is 44.9 Å². The van der Waals surface area contributed by atoms with Gasteiger partial charge in [0.25, 0.3) is 0 Å². The first-order valence-electron chi connectivity index (χ1n) is 38.4. The second-order valence-electron chi connectivity index (χ2n) is 32.1. The summed E-state index contributed by atoms with van der Waals surface area (Å²) in [6, 6.07) is 57.5. The molecule has 12 aromatic rings. The molecule has 30 heteroatoms. The van der Waals surface area contributed by atoms with Crippen LogP contribution in [0, 0.1) is 5.92 Å². The lowest BCUT2D eigenvalue weighted by Gasteiger charge is -2.37. The number of rotatable bonds is 24. The number of aliphatic hydroxyl groups excluding tert-OH is 4. The second-order valence-corrected chi connectivity index (χ2v) is 41.7. The summed E-state index contributed by atoms with van der Waals surface area (Å²) in [4.78, 5) is 40.4. The van der Waals surface area contributed by atoms with Crippen molar-refractivity contribution in [1.29, 1.82) is 0 Å². The molecular formula is C85H105N15O13Si2. The van der Waals surface area contributed by atoms with Gasteiger partial charge in [-0.2, -0.15) is 0 Å². The van der Waals surface area contributed by atoms with Crippen molar-refractivity contribution in [2.24, 2.45) is 5.92 Å². The standard InChI is InChI=1S/C38H47N5O4Si.C37H45N5O5Si.C10H13N5O4/c1-26-33(45-6)31(23-46-48(7,8)37(2,3)4)47-36(26)43-25-41-32-34(39-24-40-35(32)43)42-38(27-15-11-9-12-16-27,28-17-13-10-14-18-28)29-19-21-30(44-5)22-20-29;1-36(2,3)48(6,7)46-22-29-32(45-5)31(43)35(47-29)42-24-40-30-33(38-23-39-34(30)42)41-37(25-14-10-8-11-15-25,26-16-12-9-13-17-26)27-18-20-28(44-4)21-19-27;11-8-5-9(13-2-12-8)15(3-14-5)10-7(18)6(17)4(1-16)19-10/h9-22,24-26,31,33,36H,23H2,1-8H3,(H,39,40,42);8-21,23-24,29,31-32,35,43H,22H2,1-7H3,(H,38,39,41);2-4,6-7,10,16-18H,1H2,(H2,11,12,13)/t26?,31-,33?,36-;29-,31?,32?,35-;4-,6?,7?,10-/m111/s1. The fourth-order valence-corrected chi connectivity index (χ4v) is 16.8. The molecular weight excluding hydrogens is 1500 g/mol. The number of hydrogen-bond acceptors (Lipinski definition) is 25. The van der Waals surface area contributed by atoms with Crippen LogP contribution in [0.2, 0.25) is 36.3 Å². The predicted molar refractivity (Wildman–Crippen MR) is 443 cm³/mol. The average Bonchev–Trinajstić information content (AvgIpc) is 1.54.